The number of aromatic nitrogens is 2. The largest absolute Gasteiger partial charge is 0.363 e. The maximum Gasteiger partial charge on any atom is 0.331 e. The van der Waals surface area contributed by atoms with Crippen LogP contribution in [0.5, 0.6) is 0 Å². The molecule has 2 atom stereocenters. The zero-order chi connectivity index (χ0) is 28.2. The van der Waals surface area contributed by atoms with Crippen LogP contribution in [0.3, 0.4) is 0 Å². The number of piperazine rings is 1. The summed E-state index contributed by atoms with van der Waals surface area (Å²) in [6.07, 6.45) is 0.767. The van der Waals surface area contributed by atoms with Gasteiger partial charge in [0.15, 0.2) is 0 Å². The van der Waals surface area contributed by atoms with Gasteiger partial charge in [0.1, 0.15) is 17.3 Å². The van der Waals surface area contributed by atoms with Gasteiger partial charge in [0.25, 0.3) is 5.56 Å². The summed E-state index contributed by atoms with van der Waals surface area (Å²) in [6.45, 7) is 2.94. The molecule has 3 aromatic carbocycles. The number of halogens is 2. The molecule has 0 spiro atoms. The van der Waals surface area contributed by atoms with Crippen molar-refractivity contribution in [3.63, 3.8) is 0 Å². The average Bonchev–Trinajstić information content (AvgIpc) is 2.96. The highest BCUT2D eigenvalue weighted by Gasteiger charge is 2.27. The minimum atomic E-state index is -0.753. The molecule has 208 valence electrons. The first-order valence-electron chi connectivity index (χ1n) is 13.4. The highest BCUT2D eigenvalue weighted by atomic mass is 19.1. The number of benzene rings is 3. The molecule has 1 saturated heterocycles. The van der Waals surface area contributed by atoms with E-state index in [1.807, 2.05) is 53.4 Å². The van der Waals surface area contributed by atoms with Crippen LogP contribution < -0.4 is 27.2 Å². The Balaban J connectivity index is 1.57. The molecule has 4 aromatic rings. The molecule has 9 heteroatoms. The lowest BCUT2D eigenvalue weighted by Gasteiger charge is -2.36. The first-order valence-corrected chi connectivity index (χ1v) is 13.4. The van der Waals surface area contributed by atoms with Gasteiger partial charge in [0.2, 0.25) is 0 Å². The molecule has 40 heavy (non-hydrogen) atoms. The Bertz CT molecular complexity index is 1570. The summed E-state index contributed by atoms with van der Waals surface area (Å²) in [6, 6.07) is 22.3. The molecule has 1 unspecified atom stereocenters. The molecule has 0 radical (unpaired) electrons. The first kappa shape index (κ1) is 27.5. The van der Waals surface area contributed by atoms with Crippen molar-refractivity contribution < 1.29 is 8.78 Å². The topological polar surface area (TPSA) is 85.3 Å². The normalized spacial score (nSPS) is 16.2. The van der Waals surface area contributed by atoms with Crippen molar-refractivity contribution in [1.82, 2.24) is 14.5 Å². The zero-order valence-corrected chi connectivity index (χ0v) is 22.4. The van der Waals surface area contributed by atoms with Crippen molar-refractivity contribution in [2.45, 2.75) is 38.5 Å². The summed E-state index contributed by atoms with van der Waals surface area (Å²) in [5.41, 5.74) is 7.74. The molecule has 1 aliphatic heterocycles. The molecule has 1 fully saturated rings. The summed E-state index contributed by atoms with van der Waals surface area (Å²) in [7, 11) is 0. The van der Waals surface area contributed by atoms with Crippen molar-refractivity contribution in [3.8, 4) is 0 Å². The Hall–Kier alpha value is -4.08. The summed E-state index contributed by atoms with van der Waals surface area (Å²) < 4.78 is 31.7. The van der Waals surface area contributed by atoms with Gasteiger partial charge in [-0.25, -0.2) is 13.6 Å². The lowest BCUT2D eigenvalue weighted by molar-refractivity contribution is 0.445. The van der Waals surface area contributed by atoms with Gasteiger partial charge in [-0.2, -0.15) is 0 Å². The molecule has 0 saturated carbocycles. The standard InChI is InChI=1S/C31H33F2N5O2/c1-21-29(36-16-15-35-24(18-36)17-22-9-4-2-5-10-22)30(39)38(20-28(34)23-11-6-3-7-12-23)31(40)37(21)19-25-26(32)13-8-14-27(25)33/h2-14,24,28,35H,15-20,34H2,1H3/t24?,28-/m1/s1. The van der Waals surface area contributed by atoms with E-state index in [0.717, 1.165) is 28.7 Å². The third-order valence-corrected chi connectivity index (χ3v) is 7.54. The van der Waals surface area contributed by atoms with Gasteiger partial charge in [-0.1, -0.05) is 66.7 Å². The monoisotopic (exact) mass is 545 g/mol. The molecule has 3 N–H and O–H groups in total. The SMILES string of the molecule is Cc1c(N2CCNC(Cc3ccccc3)C2)c(=O)n(C[C@@H](N)c2ccccc2)c(=O)n1Cc1c(F)cccc1F. The van der Waals surface area contributed by atoms with Crippen LogP contribution >= 0.6 is 0 Å². The Labute approximate surface area is 231 Å². The number of nitrogens with two attached hydrogens (primary N) is 1. The van der Waals surface area contributed by atoms with Gasteiger partial charge in [-0.05, 0) is 36.6 Å². The van der Waals surface area contributed by atoms with Gasteiger partial charge in [-0.3, -0.25) is 13.9 Å². The number of rotatable bonds is 8. The quantitative estimate of drug-likeness (QED) is 0.355. The van der Waals surface area contributed by atoms with E-state index >= 15 is 0 Å². The smallest absolute Gasteiger partial charge is 0.331 e. The van der Waals surface area contributed by atoms with Crippen LogP contribution in [0.2, 0.25) is 0 Å². The molecular formula is C31H33F2N5O2. The van der Waals surface area contributed by atoms with Gasteiger partial charge < -0.3 is 16.0 Å². The third kappa shape index (κ3) is 5.76. The minimum absolute atomic E-state index is 0.0689. The molecule has 0 aliphatic carbocycles. The number of hydrogen-bond acceptors (Lipinski definition) is 5. The van der Waals surface area contributed by atoms with Crippen molar-refractivity contribution in [2.24, 2.45) is 5.73 Å². The predicted molar refractivity (Wildman–Crippen MR) is 153 cm³/mol. The van der Waals surface area contributed by atoms with Crippen LogP contribution in [0.4, 0.5) is 14.5 Å². The van der Waals surface area contributed by atoms with E-state index < -0.39 is 28.9 Å². The fourth-order valence-electron chi connectivity index (χ4n) is 5.41. The van der Waals surface area contributed by atoms with Gasteiger partial charge in [0.05, 0.1) is 13.1 Å². The summed E-state index contributed by atoms with van der Waals surface area (Å²) in [4.78, 5) is 29.7. The molecular weight excluding hydrogens is 512 g/mol. The van der Waals surface area contributed by atoms with Gasteiger partial charge >= 0.3 is 5.69 Å². The Morgan fingerprint density at radius 2 is 1.57 bits per heavy atom. The summed E-state index contributed by atoms with van der Waals surface area (Å²) in [5.74, 6) is -1.51. The van der Waals surface area contributed by atoms with E-state index in [0.29, 0.717) is 31.0 Å². The van der Waals surface area contributed by atoms with E-state index in [1.165, 1.54) is 16.2 Å². The zero-order valence-electron chi connectivity index (χ0n) is 22.4. The van der Waals surface area contributed by atoms with Crippen LogP contribution in [0.25, 0.3) is 0 Å². The molecule has 7 nitrogen and oxygen atoms in total. The third-order valence-electron chi connectivity index (χ3n) is 7.54. The second-order valence-electron chi connectivity index (χ2n) is 10.2. The first-order chi connectivity index (χ1) is 19.3. The van der Waals surface area contributed by atoms with Crippen LogP contribution in [-0.2, 0) is 19.5 Å². The predicted octanol–water partition coefficient (Wildman–Crippen LogP) is 3.37. The second-order valence-corrected chi connectivity index (χ2v) is 10.2. The maximum absolute atomic E-state index is 14.7. The fourth-order valence-corrected chi connectivity index (χ4v) is 5.41. The van der Waals surface area contributed by atoms with Crippen molar-refractivity contribution in [1.29, 1.82) is 0 Å². The van der Waals surface area contributed by atoms with E-state index in [4.69, 9.17) is 5.73 Å². The van der Waals surface area contributed by atoms with E-state index in [1.54, 1.807) is 6.92 Å². The fraction of sp³-hybridized carbons (Fsp3) is 0.290. The Morgan fingerprint density at radius 3 is 2.25 bits per heavy atom. The van der Waals surface area contributed by atoms with E-state index in [2.05, 4.69) is 17.4 Å². The van der Waals surface area contributed by atoms with Crippen LogP contribution in [0.1, 0.15) is 28.4 Å². The van der Waals surface area contributed by atoms with Crippen LogP contribution in [-0.4, -0.2) is 34.8 Å². The highest BCUT2D eigenvalue weighted by molar-refractivity contribution is 5.50. The van der Waals surface area contributed by atoms with Crippen molar-refractivity contribution in [2.75, 3.05) is 24.5 Å². The molecule has 0 bridgehead atoms. The van der Waals surface area contributed by atoms with E-state index in [-0.39, 0.29) is 24.7 Å². The maximum atomic E-state index is 14.7. The highest BCUT2D eigenvalue weighted by Crippen LogP contribution is 2.21. The molecule has 0 amide bonds. The van der Waals surface area contributed by atoms with Crippen molar-refractivity contribution >= 4 is 5.69 Å². The lowest BCUT2D eigenvalue weighted by Crippen LogP contribution is -2.55. The Morgan fingerprint density at radius 1 is 0.925 bits per heavy atom. The number of nitrogens with one attached hydrogen (secondary N) is 1. The average molecular weight is 546 g/mol. The summed E-state index contributed by atoms with van der Waals surface area (Å²) >= 11 is 0. The summed E-state index contributed by atoms with van der Waals surface area (Å²) in [5, 5.41) is 3.52. The number of nitrogens with zero attached hydrogens (tertiary/aromatic N) is 3. The number of anilines is 1. The number of hydrogen-bond donors (Lipinski definition) is 2. The molecule has 2 heterocycles. The minimum Gasteiger partial charge on any atom is -0.363 e. The lowest BCUT2D eigenvalue weighted by atomic mass is 10.0. The van der Waals surface area contributed by atoms with Gasteiger partial charge in [-0.15, -0.1) is 0 Å². The van der Waals surface area contributed by atoms with E-state index in [9.17, 15) is 18.4 Å². The second kappa shape index (κ2) is 12.0. The van der Waals surface area contributed by atoms with Gasteiger partial charge in [0, 0.05) is 43.0 Å². The Kier molecular flexibility index (Phi) is 8.23. The van der Waals surface area contributed by atoms with Crippen molar-refractivity contribution in [3.05, 3.63) is 134 Å². The van der Waals surface area contributed by atoms with Crippen LogP contribution in [0.15, 0.2) is 88.5 Å². The molecule has 5 rings (SSSR count). The molecule has 1 aromatic heterocycles. The van der Waals surface area contributed by atoms with Crippen LogP contribution in [0, 0.1) is 18.6 Å². The molecule has 1 aliphatic rings.